The summed E-state index contributed by atoms with van der Waals surface area (Å²) in [5.74, 6) is 1.72. The van der Waals surface area contributed by atoms with Gasteiger partial charge in [0.2, 0.25) is 0 Å². The number of hydrogen-bond acceptors (Lipinski definition) is 3. The third-order valence-corrected chi connectivity index (χ3v) is 4.56. The quantitative estimate of drug-likeness (QED) is 0.739. The van der Waals surface area contributed by atoms with Gasteiger partial charge in [-0.3, -0.25) is 0 Å². The number of hydrogen-bond donors (Lipinski definition) is 2. The van der Waals surface area contributed by atoms with E-state index in [9.17, 15) is 5.11 Å². The average Bonchev–Trinajstić information content (AvgIpc) is 2.30. The average molecular weight is 226 g/mol. The van der Waals surface area contributed by atoms with Gasteiger partial charge in [0, 0.05) is 5.54 Å². The van der Waals surface area contributed by atoms with Crippen LogP contribution in [0.25, 0.3) is 0 Å². The molecule has 2 fully saturated rings. The Morgan fingerprint density at radius 1 is 1.25 bits per heavy atom. The zero-order valence-corrected chi connectivity index (χ0v) is 10.7. The number of nitrogens with one attached hydrogen (secondary N) is 1. The van der Waals surface area contributed by atoms with Crippen molar-refractivity contribution in [3.63, 3.8) is 0 Å². The molecule has 0 aromatic rings. The van der Waals surface area contributed by atoms with Gasteiger partial charge in [0.1, 0.15) is 0 Å². The lowest BCUT2D eigenvalue weighted by molar-refractivity contribution is 0.0748. The molecule has 0 radical (unpaired) electrons. The second-order valence-electron chi connectivity index (χ2n) is 6.04. The maximum absolute atomic E-state index is 9.44. The van der Waals surface area contributed by atoms with Gasteiger partial charge in [0.25, 0.3) is 0 Å². The molecule has 0 saturated carbocycles. The summed E-state index contributed by atoms with van der Waals surface area (Å²) in [6.07, 6.45) is 5.15. The number of aliphatic hydroxyl groups is 1. The van der Waals surface area contributed by atoms with Crippen LogP contribution in [-0.2, 0) is 0 Å². The van der Waals surface area contributed by atoms with Crippen LogP contribution in [0.15, 0.2) is 0 Å². The van der Waals surface area contributed by atoms with E-state index in [1.165, 1.54) is 32.4 Å². The Morgan fingerprint density at radius 3 is 2.56 bits per heavy atom. The molecule has 0 amide bonds. The highest BCUT2D eigenvalue weighted by molar-refractivity contribution is 4.92. The van der Waals surface area contributed by atoms with Gasteiger partial charge in [-0.1, -0.05) is 0 Å². The van der Waals surface area contributed by atoms with Crippen LogP contribution in [0, 0.1) is 11.8 Å². The number of rotatable bonds is 2. The molecule has 2 atom stereocenters. The smallest absolute Gasteiger partial charge is 0.0610 e. The third kappa shape index (κ3) is 2.76. The van der Waals surface area contributed by atoms with Crippen molar-refractivity contribution in [2.75, 3.05) is 33.3 Å². The van der Waals surface area contributed by atoms with E-state index >= 15 is 0 Å². The van der Waals surface area contributed by atoms with Crippen molar-refractivity contribution in [3.8, 4) is 0 Å². The summed E-state index contributed by atoms with van der Waals surface area (Å²) >= 11 is 0. The minimum atomic E-state index is -0.0216. The summed E-state index contributed by atoms with van der Waals surface area (Å²) in [6.45, 7) is 6.02. The van der Waals surface area contributed by atoms with Gasteiger partial charge in [-0.2, -0.15) is 0 Å². The molecule has 3 heteroatoms. The Morgan fingerprint density at radius 2 is 1.94 bits per heavy atom. The molecule has 2 aliphatic heterocycles. The minimum Gasteiger partial charge on any atom is -0.394 e. The molecular formula is C13H26N2O. The Labute approximate surface area is 99.2 Å². The van der Waals surface area contributed by atoms with Crippen LogP contribution < -0.4 is 5.32 Å². The Hall–Kier alpha value is -0.120. The van der Waals surface area contributed by atoms with E-state index in [0.29, 0.717) is 0 Å². The second-order valence-corrected chi connectivity index (χ2v) is 6.04. The zero-order valence-electron chi connectivity index (χ0n) is 10.7. The molecule has 94 valence electrons. The Bertz CT molecular complexity index is 226. The highest BCUT2D eigenvalue weighted by atomic mass is 16.3. The van der Waals surface area contributed by atoms with Crippen molar-refractivity contribution < 1.29 is 5.11 Å². The predicted octanol–water partition coefficient (Wildman–Crippen LogP) is 1.08. The molecule has 2 heterocycles. The fourth-order valence-electron chi connectivity index (χ4n) is 3.34. The van der Waals surface area contributed by atoms with Crippen LogP contribution in [-0.4, -0.2) is 48.8 Å². The van der Waals surface area contributed by atoms with Crippen LogP contribution in [0.3, 0.4) is 0 Å². The largest absolute Gasteiger partial charge is 0.394 e. The topological polar surface area (TPSA) is 35.5 Å². The van der Waals surface area contributed by atoms with Gasteiger partial charge in [-0.25, -0.2) is 0 Å². The summed E-state index contributed by atoms with van der Waals surface area (Å²) in [4.78, 5) is 2.43. The van der Waals surface area contributed by atoms with E-state index < -0.39 is 0 Å². The zero-order chi connectivity index (χ0) is 11.6. The molecule has 0 aromatic heterocycles. The van der Waals surface area contributed by atoms with E-state index in [0.717, 1.165) is 24.8 Å². The lowest BCUT2D eigenvalue weighted by Crippen LogP contribution is -2.53. The molecule has 0 aliphatic carbocycles. The highest BCUT2D eigenvalue weighted by Crippen LogP contribution is 2.35. The summed E-state index contributed by atoms with van der Waals surface area (Å²) in [5, 5.41) is 12.9. The first kappa shape index (κ1) is 12.3. The van der Waals surface area contributed by atoms with Crippen LogP contribution in [0.1, 0.15) is 32.6 Å². The molecule has 2 unspecified atom stereocenters. The van der Waals surface area contributed by atoms with Crippen molar-refractivity contribution in [2.24, 2.45) is 11.8 Å². The number of piperidine rings is 2. The standard InChI is InChI=1S/C13H26N2O/c1-13(10-16)9-12(3-6-14-13)11-4-7-15(2)8-5-11/h11-12,14,16H,3-10H2,1-2H3. The van der Waals surface area contributed by atoms with Crippen molar-refractivity contribution in [1.29, 1.82) is 0 Å². The minimum absolute atomic E-state index is 0.0216. The van der Waals surface area contributed by atoms with Gasteiger partial charge in [0.05, 0.1) is 6.61 Å². The molecule has 3 nitrogen and oxygen atoms in total. The Balaban J connectivity index is 1.89. The highest BCUT2D eigenvalue weighted by Gasteiger charge is 2.35. The van der Waals surface area contributed by atoms with Crippen molar-refractivity contribution in [2.45, 2.75) is 38.1 Å². The van der Waals surface area contributed by atoms with Crippen molar-refractivity contribution in [1.82, 2.24) is 10.2 Å². The van der Waals surface area contributed by atoms with Gasteiger partial charge in [-0.15, -0.1) is 0 Å². The molecule has 2 rings (SSSR count). The van der Waals surface area contributed by atoms with Crippen LogP contribution in [0.2, 0.25) is 0 Å². The maximum Gasteiger partial charge on any atom is 0.0610 e. The van der Waals surface area contributed by atoms with Crippen molar-refractivity contribution >= 4 is 0 Å². The molecule has 16 heavy (non-hydrogen) atoms. The first-order valence-electron chi connectivity index (χ1n) is 6.67. The van der Waals surface area contributed by atoms with Crippen LogP contribution >= 0.6 is 0 Å². The van der Waals surface area contributed by atoms with Crippen LogP contribution in [0.5, 0.6) is 0 Å². The number of aliphatic hydroxyl groups excluding tert-OH is 1. The fourth-order valence-corrected chi connectivity index (χ4v) is 3.34. The van der Waals surface area contributed by atoms with Crippen molar-refractivity contribution in [3.05, 3.63) is 0 Å². The van der Waals surface area contributed by atoms with Crippen LogP contribution in [0.4, 0.5) is 0 Å². The summed E-state index contributed by atoms with van der Waals surface area (Å²) in [5.41, 5.74) is -0.0216. The monoisotopic (exact) mass is 226 g/mol. The molecule has 2 N–H and O–H groups in total. The Kier molecular flexibility index (Phi) is 3.88. The summed E-state index contributed by atoms with van der Waals surface area (Å²) in [6, 6.07) is 0. The first-order valence-corrected chi connectivity index (χ1v) is 6.67. The number of likely N-dealkylation sites (tertiary alicyclic amines) is 1. The molecule has 0 bridgehead atoms. The lowest BCUT2D eigenvalue weighted by atomic mass is 9.73. The predicted molar refractivity (Wildman–Crippen MR) is 66.4 cm³/mol. The molecule has 0 aromatic carbocycles. The number of nitrogens with zero attached hydrogens (tertiary/aromatic N) is 1. The van der Waals surface area contributed by atoms with E-state index in [1.807, 2.05) is 0 Å². The molecular weight excluding hydrogens is 200 g/mol. The van der Waals surface area contributed by atoms with E-state index in [2.05, 4.69) is 24.2 Å². The fraction of sp³-hybridized carbons (Fsp3) is 1.00. The van der Waals surface area contributed by atoms with E-state index in [1.54, 1.807) is 0 Å². The summed E-state index contributed by atoms with van der Waals surface area (Å²) < 4.78 is 0. The second kappa shape index (κ2) is 5.03. The van der Waals surface area contributed by atoms with E-state index in [-0.39, 0.29) is 12.1 Å². The molecule has 2 aliphatic rings. The normalized spacial score (nSPS) is 38.8. The van der Waals surface area contributed by atoms with Gasteiger partial charge >= 0.3 is 0 Å². The van der Waals surface area contributed by atoms with E-state index in [4.69, 9.17) is 0 Å². The lowest BCUT2D eigenvalue weighted by Gasteiger charge is -2.43. The molecule has 2 saturated heterocycles. The first-order chi connectivity index (χ1) is 7.63. The maximum atomic E-state index is 9.44. The van der Waals surface area contributed by atoms with Gasteiger partial charge in [0.15, 0.2) is 0 Å². The molecule has 0 spiro atoms. The van der Waals surface area contributed by atoms with Gasteiger partial charge < -0.3 is 15.3 Å². The summed E-state index contributed by atoms with van der Waals surface area (Å²) in [7, 11) is 2.22. The SMILES string of the molecule is CN1CCC(C2CCNC(C)(CO)C2)CC1. The van der Waals surface area contributed by atoms with Gasteiger partial charge in [-0.05, 0) is 71.1 Å². The third-order valence-electron chi connectivity index (χ3n) is 4.56.